The summed E-state index contributed by atoms with van der Waals surface area (Å²) in [6.45, 7) is 17.3. The van der Waals surface area contributed by atoms with Crippen LogP contribution in [0.5, 0.6) is 0 Å². The molecule has 0 saturated heterocycles. The van der Waals surface area contributed by atoms with Crippen LogP contribution < -0.4 is 0 Å². The lowest BCUT2D eigenvalue weighted by molar-refractivity contribution is 1.17. The van der Waals surface area contributed by atoms with Gasteiger partial charge >= 0.3 is 0 Å². The third kappa shape index (κ3) is 5.13. The van der Waals surface area contributed by atoms with Gasteiger partial charge < -0.3 is 4.57 Å². The first kappa shape index (κ1) is 35.9. The Balaban J connectivity index is 1.10. The van der Waals surface area contributed by atoms with Crippen LogP contribution in [-0.4, -0.2) is 8.97 Å². The van der Waals surface area contributed by atoms with E-state index in [0.717, 1.165) is 71.5 Å². The molecule has 6 nitrogen and oxygen atoms in total. The van der Waals surface area contributed by atoms with Crippen molar-refractivity contribution in [2.75, 3.05) is 0 Å². The Hall–Kier alpha value is -8.98. The van der Waals surface area contributed by atoms with Gasteiger partial charge in [0, 0.05) is 32.3 Å². The van der Waals surface area contributed by atoms with E-state index in [0.29, 0.717) is 5.56 Å². The summed E-state index contributed by atoms with van der Waals surface area (Å²) in [5.74, 6) is 0. The zero-order valence-corrected chi connectivity index (χ0v) is 34.1. The van der Waals surface area contributed by atoms with Crippen LogP contribution in [0, 0.1) is 35.8 Å². The second-order valence-electron chi connectivity index (χ2n) is 15.6. The number of hydrogen-bond acceptors (Lipinski definition) is 3. The van der Waals surface area contributed by atoms with Crippen LogP contribution in [0.4, 0.5) is 11.4 Å². The van der Waals surface area contributed by atoms with Crippen molar-refractivity contribution in [3.05, 3.63) is 203 Å². The van der Waals surface area contributed by atoms with E-state index in [2.05, 4.69) is 110 Å². The number of nitrogens with zero attached hydrogens (tertiary/aromatic N) is 6. The molecule has 4 heterocycles. The zero-order chi connectivity index (χ0) is 42.3. The standard InChI is InChI=1S/C56H28N6S/c1-59-52-51(38-17-11-16-35(26-38)39-29-44-40-18-9-10-19-48(40)62-54(44)45(30-39)41-24-25-63-56(41)62)46(31-57)47(32-58)55(53(52)60-2)61-49-22-20-36(33-12-5-3-6-13-33)27-42(49)43-28-37(21-23-50(43)61)34-14-7-4-8-15-34/h3-30H. The Morgan fingerprint density at radius 2 is 1.00 bits per heavy atom. The van der Waals surface area contributed by atoms with Crippen molar-refractivity contribution in [2.24, 2.45) is 0 Å². The van der Waals surface area contributed by atoms with E-state index in [1.165, 1.54) is 21.1 Å². The van der Waals surface area contributed by atoms with E-state index >= 15 is 0 Å². The highest BCUT2D eigenvalue weighted by molar-refractivity contribution is 7.17. The van der Waals surface area contributed by atoms with E-state index < -0.39 is 0 Å². The fourth-order valence-electron chi connectivity index (χ4n) is 9.74. The number of hydrogen-bond donors (Lipinski definition) is 0. The van der Waals surface area contributed by atoms with E-state index in [-0.39, 0.29) is 33.8 Å². The Labute approximate surface area is 365 Å². The number of thiophene rings is 1. The largest absolute Gasteiger partial charge is 0.319 e. The van der Waals surface area contributed by atoms with E-state index in [1.807, 2.05) is 89.5 Å². The summed E-state index contributed by atoms with van der Waals surface area (Å²) < 4.78 is 4.27. The molecule has 288 valence electrons. The topological polar surface area (TPSA) is 65.6 Å². The Bertz CT molecular complexity index is 3920. The first-order chi connectivity index (χ1) is 31.1. The van der Waals surface area contributed by atoms with E-state index in [1.54, 1.807) is 11.3 Å². The number of nitriles is 2. The van der Waals surface area contributed by atoms with Gasteiger partial charge in [-0.1, -0.05) is 109 Å². The van der Waals surface area contributed by atoms with Crippen molar-refractivity contribution in [1.82, 2.24) is 8.97 Å². The predicted molar refractivity (Wildman–Crippen MR) is 257 cm³/mol. The number of aromatic nitrogens is 2. The summed E-state index contributed by atoms with van der Waals surface area (Å²) in [4.78, 5) is 9.28. The average Bonchev–Trinajstić information content (AvgIpc) is 4.11. The highest BCUT2D eigenvalue weighted by Gasteiger charge is 2.29. The van der Waals surface area contributed by atoms with Crippen LogP contribution in [0.15, 0.2) is 169 Å². The summed E-state index contributed by atoms with van der Waals surface area (Å²) in [6, 6.07) is 60.3. The number of rotatable bonds is 5. The lowest BCUT2D eigenvalue weighted by Crippen LogP contribution is -2.03. The molecule has 0 amide bonds. The van der Waals surface area contributed by atoms with Gasteiger partial charge in [0.2, 0.25) is 11.4 Å². The summed E-state index contributed by atoms with van der Waals surface area (Å²) in [5.41, 5.74) is 11.1. The Morgan fingerprint density at radius 1 is 0.444 bits per heavy atom. The molecule has 0 fully saturated rings. The maximum Gasteiger partial charge on any atom is 0.219 e. The Kier molecular flexibility index (Phi) is 7.86. The van der Waals surface area contributed by atoms with Gasteiger partial charge in [0.25, 0.3) is 0 Å². The van der Waals surface area contributed by atoms with Crippen LogP contribution in [0.3, 0.4) is 0 Å². The molecule has 0 radical (unpaired) electrons. The van der Waals surface area contributed by atoms with Crippen molar-refractivity contribution in [1.29, 1.82) is 10.5 Å². The van der Waals surface area contributed by atoms with Crippen molar-refractivity contribution >= 4 is 81.9 Å². The molecular weight excluding hydrogens is 789 g/mol. The lowest BCUT2D eigenvalue weighted by Gasteiger charge is -2.19. The molecule has 0 saturated carbocycles. The van der Waals surface area contributed by atoms with Gasteiger partial charge in [-0.2, -0.15) is 10.5 Å². The quantitative estimate of drug-likeness (QED) is 0.162. The van der Waals surface area contributed by atoms with Gasteiger partial charge in [-0.05, 0) is 104 Å². The average molecular weight is 817 g/mol. The lowest BCUT2D eigenvalue weighted by atomic mass is 9.90. The molecule has 7 heteroatoms. The molecule has 4 aromatic heterocycles. The summed E-state index contributed by atoms with van der Waals surface area (Å²) in [6.07, 6.45) is 0. The van der Waals surface area contributed by atoms with Gasteiger partial charge in [-0.15, -0.1) is 11.3 Å². The van der Waals surface area contributed by atoms with E-state index in [9.17, 15) is 10.5 Å². The van der Waals surface area contributed by atoms with Gasteiger partial charge in [-0.3, -0.25) is 4.40 Å². The van der Waals surface area contributed by atoms with Crippen molar-refractivity contribution < 1.29 is 0 Å². The van der Waals surface area contributed by atoms with Crippen LogP contribution in [0.1, 0.15) is 11.1 Å². The second-order valence-corrected chi connectivity index (χ2v) is 16.5. The molecule has 0 spiro atoms. The third-order valence-electron chi connectivity index (χ3n) is 12.5. The summed E-state index contributed by atoms with van der Waals surface area (Å²) in [7, 11) is 0. The minimum absolute atomic E-state index is 0.0198. The smallest absolute Gasteiger partial charge is 0.219 e. The highest BCUT2D eigenvalue weighted by Crippen LogP contribution is 2.51. The van der Waals surface area contributed by atoms with Crippen LogP contribution in [-0.2, 0) is 0 Å². The second kappa shape index (κ2) is 13.8. The van der Waals surface area contributed by atoms with Gasteiger partial charge in [0.15, 0.2) is 0 Å². The molecule has 0 N–H and O–H groups in total. The maximum absolute atomic E-state index is 11.1. The van der Waals surface area contributed by atoms with Crippen LogP contribution in [0.25, 0.3) is 119 Å². The first-order valence-corrected chi connectivity index (χ1v) is 21.2. The molecule has 12 rings (SSSR count). The number of benzene rings is 8. The molecule has 0 aliphatic carbocycles. The van der Waals surface area contributed by atoms with Crippen LogP contribution in [0.2, 0.25) is 0 Å². The number of fused-ring (bicyclic) bond motifs is 9. The van der Waals surface area contributed by atoms with Crippen molar-refractivity contribution in [2.45, 2.75) is 0 Å². The van der Waals surface area contributed by atoms with Gasteiger partial charge in [0.05, 0.1) is 58.1 Å². The zero-order valence-electron chi connectivity index (χ0n) is 33.3. The van der Waals surface area contributed by atoms with Gasteiger partial charge in [-0.25, -0.2) is 9.69 Å². The maximum atomic E-state index is 11.1. The third-order valence-corrected chi connectivity index (χ3v) is 13.4. The molecular formula is C56H28N6S. The fraction of sp³-hybridized carbons (Fsp3) is 0. The summed E-state index contributed by atoms with van der Waals surface area (Å²) >= 11 is 1.73. The molecule has 0 aliphatic rings. The monoisotopic (exact) mass is 816 g/mol. The first-order valence-electron chi connectivity index (χ1n) is 20.3. The molecule has 8 aromatic carbocycles. The Morgan fingerprint density at radius 3 is 1.63 bits per heavy atom. The normalized spacial score (nSPS) is 11.4. The number of para-hydroxylation sites is 1. The van der Waals surface area contributed by atoms with E-state index in [4.69, 9.17) is 13.1 Å². The minimum Gasteiger partial charge on any atom is -0.319 e. The molecule has 0 unspecified atom stereocenters. The van der Waals surface area contributed by atoms with Crippen LogP contribution >= 0.6 is 11.3 Å². The molecule has 0 aliphatic heterocycles. The summed E-state index contributed by atoms with van der Waals surface area (Å²) in [5, 5.41) is 30.9. The van der Waals surface area contributed by atoms with Crippen molar-refractivity contribution in [3.8, 4) is 62.3 Å². The fourth-order valence-corrected chi connectivity index (χ4v) is 10.7. The highest BCUT2D eigenvalue weighted by atomic mass is 32.1. The molecule has 0 bridgehead atoms. The SMILES string of the molecule is [C-]#[N+]c1c([N+]#[C-])c(-n2c3ccc(-c4ccccc4)cc3c3cc(-c4ccccc4)ccc32)c(C#N)c(C#N)c1-c1cccc(-c2cc3c4ccccc4n4c5sccc5c(c2)c34)c1. The molecule has 0 atom stereocenters. The van der Waals surface area contributed by atoms with Crippen molar-refractivity contribution in [3.63, 3.8) is 0 Å². The van der Waals surface area contributed by atoms with Gasteiger partial charge in [0.1, 0.15) is 10.9 Å². The predicted octanol–water partition coefficient (Wildman–Crippen LogP) is 15.5. The minimum atomic E-state index is 0.0198. The molecule has 63 heavy (non-hydrogen) atoms. The molecule has 12 aromatic rings.